The fourth-order valence-corrected chi connectivity index (χ4v) is 2.07. The maximum absolute atomic E-state index is 11.3. The first-order valence-corrected chi connectivity index (χ1v) is 7.57. The Morgan fingerprint density at radius 3 is 2.24 bits per heavy atom. The Hall–Kier alpha value is 1.37. The molecule has 0 heterocycles. The molecule has 0 bridgehead atoms. The predicted molar refractivity (Wildman–Crippen MR) is 67.7 cm³/mol. The fraction of sp³-hybridized carbons (Fsp3) is 1.00. The van der Waals surface area contributed by atoms with Crippen molar-refractivity contribution in [1.82, 2.24) is 0 Å². The summed E-state index contributed by atoms with van der Waals surface area (Å²) < 4.78 is 21.6. The Labute approximate surface area is 140 Å². The molecule has 2 unspecified atom stereocenters. The third-order valence-corrected chi connectivity index (χ3v) is 3.41. The van der Waals surface area contributed by atoms with Crippen LogP contribution in [-0.2, 0) is 13.6 Å². The molecule has 0 rings (SSSR count). The maximum Gasteiger partial charge on any atom is 0.697 e. The normalized spacial score (nSPS) is 13.0. The Morgan fingerprint density at radius 2 is 1.71 bits per heavy atom. The third kappa shape index (κ3) is 13.6. The van der Waals surface area contributed by atoms with Gasteiger partial charge in [0.2, 0.25) is 0 Å². The van der Waals surface area contributed by atoms with Crippen molar-refractivity contribution in [3.63, 3.8) is 0 Å². The second kappa shape index (κ2) is 15.4. The molecule has 2 atom stereocenters. The standard InChI is InChI=1S/C12H26O3P.Nd/c1-4-7-9-12(6-3)11-15-16(13)14-10-8-5-2;/h12H,4-11H2,1-3H3;/q+1;. The van der Waals surface area contributed by atoms with E-state index in [1.807, 2.05) is 0 Å². The van der Waals surface area contributed by atoms with Crippen LogP contribution < -0.4 is 0 Å². The van der Waals surface area contributed by atoms with Crippen molar-refractivity contribution in [2.24, 2.45) is 5.92 Å². The van der Waals surface area contributed by atoms with Gasteiger partial charge in [0.1, 0.15) is 13.2 Å². The summed E-state index contributed by atoms with van der Waals surface area (Å²) >= 11 is 0. The van der Waals surface area contributed by atoms with Crippen LogP contribution in [0.25, 0.3) is 0 Å². The quantitative estimate of drug-likeness (QED) is 0.377. The van der Waals surface area contributed by atoms with Crippen LogP contribution in [-0.4, -0.2) is 13.2 Å². The third-order valence-electron chi connectivity index (χ3n) is 2.65. The van der Waals surface area contributed by atoms with Crippen molar-refractivity contribution in [3.05, 3.63) is 0 Å². The van der Waals surface area contributed by atoms with E-state index in [1.165, 1.54) is 12.8 Å². The van der Waals surface area contributed by atoms with E-state index in [-0.39, 0.29) is 40.8 Å². The Morgan fingerprint density at radius 1 is 1.06 bits per heavy atom. The Balaban J connectivity index is 0. The van der Waals surface area contributed by atoms with E-state index < -0.39 is 8.25 Å². The molecule has 100 valence electrons. The minimum atomic E-state index is -1.90. The SMILES string of the molecule is CCCCO[P+](=O)OCC(CC)CCCC.[Nd]. The van der Waals surface area contributed by atoms with Crippen LogP contribution in [0.1, 0.15) is 59.3 Å². The molecule has 0 N–H and O–H groups in total. The second-order valence-corrected chi connectivity index (χ2v) is 5.09. The van der Waals surface area contributed by atoms with Gasteiger partial charge in [0.25, 0.3) is 0 Å². The van der Waals surface area contributed by atoms with E-state index >= 15 is 0 Å². The summed E-state index contributed by atoms with van der Waals surface area (Å²) in [5.74, 6) is 0.522. The van der Waals surface area contributed by atoms with Gasteiger partial charge in [-0.05, 0) is 18.8 Å². The van der Waals surface area contributed by atoms with E-state index in [1.54, 1.807) is 0 Å². The van der Waals surface area contributed by atoms with Crippen LogP contribution in [0.15, 0.2) is 0 Å². The Bertz CT molecular complexity index is 179. The predicted octanol–water partition coefficient (Wildman–Crippen LogP) is 4.69. The van der Waals surface area contributed by atoms with E-state index in [0.717, 1.165) is 25.7 Å². The fourth-order valence-electron chi connectivity index (χ4n) is 1.39. The van der Waals surface area contributed by atoms with Crippen molar-refractivity contribution >= 4 is 8.25 Å². The molecule has 0 saturated carbocycles. The maximum atomic E-state index is 11.3. The van der Waals surface area contributed by atoms with Gasteiger partial charge in [-0.3, -0.25) is 0 Å². The molecule has 0 spiro atoms. The van der Waals surface area contributed by atoms with Crippen LogP contribution in [0.2, 0.25) is 0 Å². The number of hydrogen-bond acceptors (Lipinski definition) is 3. The molecular formula is C12H26NdO3P+. The molecule has 0 aromatic rings. The van der Waals surface area contributed by atoms with Gasteiger partial charge in [-0.2, -0.15) is 0 Å². The van der Waals surface area contributed by atoms with Crippen LogP contribution in [0.4, 0.5) is 0 Å². The smallest absolute Gasteiger partial charge is 0.119 e. The van der Waals surface area contributed by atoms with Gasteiger partial charge in [0.05, 0.1) is 0 Å². The summed E-state index contributed by atoms with van der Waals surface area (Å²) in [5, 5.41) is 0. The molecule has 0 amide bonds. The Kier molecular flexibility index (Phi) is 18.8. The zero-order chi connectivity index (χ0) is 12.2. The van der Waals surface area contributed by atoms with Gasteiger partial charge >= 0.3 is 8.25 Å². The molecule has 0 aliphatic heterocycles. The molecule has 3 nitrogen and oxygen atoms in total. The van der Waals surface area contributed by atoms with Crippen molar-refractivity contribution < 1.29 is 54.5 Å². The van der Waals surface area contributed by atoms with Gasteiger partial charge in [0, 0.05) is 45.4 Å². The number of hydrogen-bond donors (Lipinski definition) is 0. The molecular weight excluding hydrogens is 367 g/mol. The molecule has 5 heteroatoms. The van der Waals surface area contributed by atoms with Gasteiger partial charge in [0.15, 0.2) is 0 Å². The van der Waals surface area contributed by atoms with Crippen molar-refractivity contribution in [1.29, 1.82) is 0 Å². The summed E-state index contributed by atoms with van der Waals surface area (Å²) in [5.41, 5.74) is 0. The van der Waals surface area contributed by atoms with Crippen LogP contribution in [0.5, 0.6) is 0 Å². The first-order valence-electron chi connectivity index (χ1n) is 6.47. The van der Waals surface area contributed by atoms with E-state index in [0.29, 0.717) is 19.1 Å². The van der Waals surface area contributed by atoms with Gasteiger partial charge in [-0.15, -0.1) is 9.05 Å². The summed E-state index contributed by atoms with van der Waals surface area (Å²) in [7, 11) is -1.90. The van der Waals surface area contributed by atoms with E-state index in [9.17, 15) is 4.57 Å². The summed E-state index contributed by atoms with van der Waals surface area (Å²) in [6.45, 7) is 7.51. The van der Waals surface area contributed by atoms with E-state index in [4.69, 9.17) is 9.05 Å². The monoisotopic (exact) mass is 391 g/mol. The minimum Gasteiger partial charge on any atom is -0.119 e. The van der Waals surface area contributed by atoms with Crippen molar-refractivity contribution in [2.75, 3.05) is 13.2 Å². The first kappa shape index (κ1) is 20.7. The van der Waals surface area contributed by atoms with Crippen molar-refractivity contribution in [2.45, 2.75) is 59.3 Å². The van der Waals surface area contributed by atoms with Gasteiger partial charge < -0.3 is 0 Å². The average molecular weight is 394 g/mol. The molecule has 0 aliphatic rings. The van der Waals surface area contributed by atoms with Crippen LogP contribution in [0, 0.1) is 46.8 Å². The zero-order valence-corrected chi connectivity index (χ0v) is 15.5. The first-order chi connectivity index (χ1) is 7.74. The van der Waals surface area contributed by atoms with E-state index in [2.05, 4.69) is 20.8 Å². The summed E-state index contributed by atoms with van der Waals surface area (Å²) in [4.78, 5) is 0. The average Bonchev–Trinajstić information content (AvgIpc) is 2.30. The topological polar surface area (TPSA) is 35.5 Å². The molecule has 0 aromatic heterocycles. The molecule has 0 radical (unpaired) electrons. The van der Waals surface area contributed by atoms with Crippen LogP contribution >= 0.6 is 8.25 Å². The molecule has 17 heavy (non-hydrogen) atoms. The van der Waals surface area contributed by atoms with Crippen molar-refractivity contribution in [3.8, 4) is 0 Å². The van der Waals surface area contributed by atoms with Gasteiger partial charge in [-0.1, -0.05) is 46.5 Å². The minimum absolute atomic E-state index is 0. The zero-order valence-electron chi connectivity index (χ0n) is 11.4. The molecule has 0 fully saturated rings. The molecule has 0 saturated heterocycles. The van der Waals surface area contributed by atoms with Gasteiger partial charge in [-0.25, -0.2) is 0 Å². The number of rotatable bonds is 11. The summed E-state index contributed by atoms with van der Waals surface area (Å²) in [6.07, 6.45) is 6.66. The summed E-state index contributed by atoms with van der Waals surface area (Å²) in [6, 6.07) is 0. The second-order valence-electron chi connectivity index (χ2n) is 4.12. The van der Waals surface area contributed by atoms with Crippen LogP contribution in [0.3, 0.4) is 0 Å². The largest absolute Gasteiger partial charge is 0.697 e. The molecule has 0 aromatic carbocycles. The molecule has 0 aliphatic carbocycles. The number of unbranched alkanes of at least 4 members (excludes halogenated alkanes) is 2.